The molecule has 9 heavy (non-hydrogen) atoms. The molecule has 0 saturated carbocycles. The van der Waals surface area contributed by atoms with E-state index in [-0.39, 0.29) is 51.4 Å². The Labute approximate surface area is 94.3 Å². The molecule has 0 aromatic heterocycles. The number of halogens is 3. The number of hydrogen-bond acceptors (Lipinski definition) is 1. The van der Waals surface area contributed by atoms with E-state index in [2.05, 4.69) is 12.3 Å². The fraction of sp³-hybridized carbons (Fsp3) is 0.333. The maximum Gasteiger partial charge on any atom is 1.00 e. The molecule has 0 atom stereocenters. The minimum absolute atomic E-state index is 0. The summed E-state index contributed by atoms with van der Waals surface area (Å²) in [6.45, 7) is -2.66. The molecular weight excluding hydrogens is 157 g/mol. The molecule has 0 aliphatic heterocycles. The van der Waals surface area contributed by atoms with Gasteiger partial charge in [-0.15, -0.1) is 12.1 Å². The molecule has 0 rings (SSSR count). The second-order valence-corrected chi connectivity index (χ2v) is 1.44. The molecule has 6 heteroatoms. The quantitative estimate of drug-likeness (QED) is 0.463. The van der Waals surface area contributed by atoms with E-state index in [1.807, 2.05) is 0 Å². The van der Waals surface area contributed by atoms with Gasteiger partial charge in [-0.3, -0.25) is 0 Å². The molecule has 0 spiro atoms. The van der Waals surface area contributed by atoms with Crippen LogP contribution in [-0.2, 0) is 0 Å². The summed E-state index contributed by atoms with van der Waals surface area (Å²) in [5.74, 6) is 0. The van der Waals surface area contributed by atoms with Crippen molar-refractivity contribution < 1.29 is 64.3 Å². The first-order chi connectivity index (χ1) is 3.48. The van der Waals surface area contributed by atoms with Gasteiger partial charge in [-0.1, -0.05) is 0 Å². The van der Waals surface area contributed by atoms with Gasteiger partial charge in [0.25, 0.3) is 0 Å². The molecule has 0 bridgehead atoms. The summed E-state index contributed by atoms with van der Waals surface area (Å²) in [6.07, 6.45) is 0. The van der Waals surface area contributed by atoms with E-state index < -0.39 is 19.0 Å². The maximum atomic E-state index is 11.3. The van der Waals surface area contributed by atoms with Crippen LogP contribution in [0.25, 0.3) is 0 Å². The number of rotatable bonds is 2. The molecule has 0 unspecified atom stereocenters. The van der Waals surface area contributed by atoms with E-state index in [0.29, 0.717) is 0 Å². The molecule has 1 nitrogen and oxygen atoms in total. The van der Waals surface area contributed by atoms with Gasteiger partial charge >= 0.3 is 58.4 Å². The van der Waals surface area contributed by atoms with Crippen molar-refractivity contribution in [1.82, 2.24) is 0 Å². The smallest absolute Gasteiger partial charge is 0.445 e. The summed E-state index contributed by atoms with van der Waals surface area (Å²) in [6, 6.07) is 0. The molecule has 0 aliphatic rings. The normalized spacial score (nSPS) is 10.2. The van der Waals surface area contributed by atoms with Crippen LogP contribution in [0.3, 0.4) is 0 Å². The molecule has 0 aliphatic carbocycles. The summed E-state index contributed by atoms with van der Waals surface area (Å²) in [5.41, 5.74) is 3.83. The van der Waals surface area contributed by atoms with E-state index >= 15 is 0 Å². The van der Waals surface area contributed by atoms with Crippen LogP contribution in [0.1, 0.15) is 0 Å². The van der Waals surface area contributed by atoms with Crippen molar-refractivity contribution >= 4 is 6.98 Å². The summed E-state index contributed by atoms with van der Waals surface area (Å²) in [7, 11) is 0. The summed E-state index contributed by atoms with van der Waals surface area (Å²) in [4.78, 5) is 0. The Kier molecular flexibility index (Phi) is 7.02. The third-order valence-corrected chi connectivity index (χ3v) is 0.725. The predicted octanol–water partition coefficient (Wildman–Crippen LogP) is -2.11. The average molecular weight is 163 g/mol. The van der Waals surface area contributed by atoms with Crippen molar-refractivity contribution in [1.29, 1.82) is 0 Å². The third-order valence-electron chi connectivity index (χ3n) is 0.725. The number of hydrogen-bond donors (Lipinski definition) is 1. The van der Waals surface area contributed by atoms with E-state index in [1.165, 1.54) is 0 Å². The molecule has 48 valence electrons. The molecular formula is C3H6BF3KN. The van der Waals surface area contributed by atoms with Crippen LogP contribution in [0.4, 0.5) is 12.9 Å². The van der Waals surface area contributed by atoms with Crippen LogP contribution in [0, 0.1) is 0 Å². The first kappa shape index (κ1) is 12.8. The van der Waals surface area contributed by atoms with Gasteiger partial charge in [0.2, 0.25) is 0 Å². The largest absolute Gasteiger partial charge is 1.00 e. The monoisotopic (exact) mass is 163 g/mol. The zero-order valence-electron chi connectivity index (χ0n) is 5.20. The van der Waals surface area contributed by atoms with Crippen LogP contribution >= 0.6 is 0 Å². The molecule has 0 radical (unpaired) electrons. The molecule has 2 N–H and O–H groups in total. The van der Waals surface area contributed by atoms with Gasteiger partial charge in [0.1, 0.15) is 0 Å². The second kappa shape index (κ2) is 4.92. The van der Waals surface area contributed by atoms with Crippen molar-refractivity contribution in [2.24, 2.45) is 5.73 Å². The molecule has 0 fully saturated rings. The van der Waals surface area contributed by atoms with Crippen molar-refractivity contribution in [2.75, 3.05) is 6.54 Å². The van der Waals surface area contributed by atoms with E-state index in [4.69, 9.17) is 0 Å². The van der Waals surface area contributed by atoms with Gasteiger partial charge in [0.15, 0.2) is 0 Å². The topological polar surface area (TPSA) is 26.0 Å². The Hall–Kier alpha value is 1.19. The first-order valence-corrected chi connectivity index (χ1v) is 2.06. The van der Waals surface area contributed by atoms with E-state index in [9.17, 15) is 12.9 Å². The molecule has 0 aromatic rings. The summed E-state index contributed by atoms with van der Waals surface area (Å²) >= 11 is 0. The molecule has 0 amide bonds. The maximum absolute atomic E-state index is 11.3. The standard InChI is InChI=1S/C3H6BF3N.K/c1-3(2-8)4(5,6)7;/h1-2,8H2;/q-1;+1. The van der Waals surface area contributed by atoms with Crippen molar-refractivity contribution in [3.05, 3.63) is 12.1 Å². The van der Waals surface area contributed by atoms with Crippen LogP contribution < -0.4 is 57.1 Å². The van der Waals surface area contributed by atoms with Gasteiger partial charge in [0, 0.05) is 0 Å². The van der Waals surface area contributed by atoms with Crippen LogP contribution in [0.15, 0.2) is 12.1 Å². The Bertz CT molecular complexity index is 102. The molecule has 0 saturated heterocycles. The fourth-order valence-electron chi connectivity index (χ4n) is 0.134. The van der Waals surface area contributed by atoms with Gasteiger partial charge in [-0.2, -0.15) is 0 Å². The Morgan fingerprint density at radius 1 is 1.44 bits per heavy atom. The van der Waals surface area contributed by atoms with Crippen LogP contribution in [-0.4, -0.2) is 13.5 Å². The van der Waals surface area contributed by atoms with Gasteiger partial charge < -0.3 is 18.7 Å². The number of nitrogens with two attached hydrogens (primary N) is 1. The SMILES string of the molecule is C=C(CN)[B-](F)(F)F.[K+]. The minimum atomic E-state index is -4.88. The van der Waals surface area contributed by atoms with Crippen molar-refractivity contribution in [3.8, 4) is 0 Å². The van der Waals surface area contributed by atoms with Gasteiger partial charge in [0.05, 0.1) is 0 Å². The first-order valence-electron chi connectivity index (χ1n) is 2.06. The molecule has 0 aromatic carbocycles. The van der Waals surface area contributed by atoms with Crippen LogP contribution in [0.5, 0.6) is 0 Å². The zero-order chi connectivity index (χ0) is 6.78. The third kappa shape index (κ3) is 5.63. The van der Waals surface area contributed by atoms with Crippen molar-refractivity contribution in [3.63, 3.8) is 0 Å². The zero-order valence-corrected chi connectivity index (χ0v) is 8.33. The van der Waals surface area contributed by atoms with Crippen molar-refractivity contribution in [2.45, 2.75) is 0 Å². The predicted molar refractivity (Wildman–Crippen MR) is 27.3 cm³/mol. The molecule has 0 heterocycles. The second-order valence-electron chi connectivity index (χ2n) is 1.44. The van der Waals surface area contributed by atoms with Crippen LogP contribution in [0.2, 0.25) is 0 Å². The van der Waals surface area contributed by atoms with Gasteiger partial charge in [-0.25, -0.2) is 0 Å². The Morgan fingerprint density at radius 2 is 1.78 bits per heavy atom. The van der Waals surface area contributed by atoms with E-state index in [1.54, 1.807) is 0 Å². The summed E-state index contributed by atoms with van der Waals surface area (Å²) in [5, 5.41) is 0. The minimum Gasteiger partial charge on any atom is -0.445 e. The Morgan fingerprint density at radius 3 is 1.78 bits per heavy atom. The average Bonchev–Trinajstić information content (AvgIpc) is 1.62. The Balaban J connectivity index is 0. The fourth-order valence-corrected chi connectivity index (χ4v) is 0.134. The summed E-state index contributed by atoms with van der Waals surface area (Å²) < 4.78 is 34.0. The van der Waals surface area contributed by atoms with E-state index in [0.717, 1.165) is 0 Å². The van der Waals surface area contributed by atoms with Gasteiger partial charge in [-0.05, 0) is 6.54 Å².